The van der Waals surface area contributed by atoms with Gasteiger partial charge in [0.1, 0.15) is 0 Å². The van der Waals surface area contributed by atoms with E-state index < -0.39 is 0 Å². The van der Waals surface area contributed by atoms with E-state index in [2.05, 4.69) is 20.4 Å². The average Bonchev–Trinajstić information content (AvgIpc) is 1.82. The van der Waals surface area contributed by atoms with Gasteiger partial charge in [-0.25, -0.2) is 0 Å². The molecule has 66 valence electrons. The van der Waals surface area contributed by atoms with Gasteiger partial charge in [0.25, 0.3) is 0 Å². The van der Waals surface area contributed by atoms with Gasteiger partial charge in [-0.15, -0.1) is 6.58 Å². The van der Waals surface area contributed by atoms with Gasteiger partial charge in [0.15, 0.2) is 5.78 Å². The van der Waals surface area contributed by atoms with Crippen LogP contribution in [0.15, 0.2) is 24.3 Å². The quantitative estimate of drug-likeness (QED) is 0.544. The lowest BCUT2D eigenvalue weighted by molar-refractivity contribution is -0.120. The van der Waals surface area contributed by atoms with E-state index >= 15 is 0 Å². The molecule has 0 heterocycles. The van der Waals surface area contributed by atoms with Gasteiger partial charge in [0.2, 0.25) is 0 Å². The molecule has 0 aromatic heterocycles. The minimum atomic E-state index is 0.00111. The summed E-state index contributed by atoms with van der Waals surface area (Å²) in [5, 5.41) is 0. The van der Waals surface area contributed by atoms with Gasteiger partial charge in [0, 0.05) is 5.92 Å². The van der Waals surface area contributed by atoms with Crippen LogP contribution < -0.4 is 0 Å². The molecule has 1 unspecified atom stereocenters. The second-order valence-electron chi connectivity index (χ2n) is 4.27. The first-order valence-corrected chi connectivity index (χ1v) is 4.31. The van der Waals surface area contributed by atoms with E-state index in [4.69, 9.17) is 0 Å². The van der Waals surface area contributed by atoms with Crippen LogP contribution in [0.2, 0.25) is 0 Å². The molecule has 0 amide bonds. The first-order chi connectivity index (χ1) is 5.47. The van der Waals surface area contributed by atoms with E-state index in [0.29, 0.717) is 0 Å². The number of hydrogen-bond acceptors (Lipinski definition) is 1. The summed E-state index contributed by atoms with van der Waals surface area (Å²) < 4.78 is 0. The van der Waals surface area contributed by atoms with Gasteiger partial charge in [-0.05, 0) is 24.8 Å². The van der Waals surface area contributed by atoms with E-state index in [9.17, 15) is 4.79 Å². The molecule has 1 aliphatic carbocycles. The highest BCUT2D eigenvalue weighted by Crippen LogP contribution is 2.38. The van der Waals surface area contributed by atoms with Gasteiger partial charge >= 0.3 is 0 Å². The van der Waals surface area contributed by atoms with Crippen molar-refractivity contribution in [1.29, 1.82) is 0 Å². The molecule has 0 aromatic rings. The molecule has 0 fully saturated rings. The van der Waals surface area contributed by atoms with Crippen LogP contribution in [-0.2, 0) is 4.79 Å². The van der Waals surface area contributed by atoms with E-state index in [1.807, 2.05) is 6.92 Å². The molecule has 1 rings (SSSR count). The topological polar surface area (TPSA) is 17.1 Å². The monoisotopic (exact) mass is 164 g/mol. The van der Waals surface area contributed by atoms with Crippen LogP contribution in [0.4, 0.5) is 0 Å². The van der Waals surface area contributed by atoms with Crippen LogP contribution in [0.3, 0.4) is 0 Å². The summed E-state index contributed by atoms with van der Waals surface area (Å²) >= 11 is 0. The number of carbonyl (C=O) groups excluding carboxylic acids is 1. The second kappa shape index (κ2) is 2.89. The molecular formula is C11H16O. The molecule has 0 saturated carbocycles. The third-order valence-electron chi connectivity index (χ3n) is 2.51. The van der Waals surface area contributed by atoms with Crippen LogP contribution in [0.25, 0.3) is 0 Å². The SMILES string of the molecule is C=CC1C(=O)C=C(C)CC1(C)C. The van der Waals surface area contributed by atoms with Crippen molar-refractivity contribution < 1.29 is 4.79 Å². The first kappa shape index (κ1) is 9.24. The van der Waals surface area contributed by atoms with Gasteiger partial charge in [-0.2, -0.15) is 0 Å². The molecule has 0 bridgehead atoms. The fraction of sp³-hybridized carbons (Fsp3) is 0.545. The second-order valence-corrected chi connectivity index (χ2v) is 4.27. The van der Waals surface area contributed by atoms with Crippen molar-refractivity contribution >= 4 is 5.78 Å². The molecule has 1 aliphatic rings. The Morgan fingerprint density at radius 1 is 1.67 bits per heavy atom. The fourth-order valence-corrected chi connectivity index (χ4v) is 2.03. The Labute approximate surface area is 74.2 Å². The van der Waals surface area contributed by atoms with E-state index in [1.54, 1.807) is 12.2 Å². The van der Waals surface area contributed by atoms with Crippen LogP contribution in [0.5, 0.6) is 0 Å². The Bertz CT molecular complexity index is 246. The van der Waals surface area contributed by atoms with Gasteiger partial charge in [-0.3, -0.25) is 4.79 Å². The van der Waals surface area contributed by atoms with Gasteiger partial charge in [0.05, 0.1) is 0 Å². The third kappa shape index (κ3) is 1.50. The van der Waals surface area contributed by atoms with E-state index in [0.717, 1.165) is 6.42 Å². The zero-order valence-corrected chi connectivity index (χ0v) is 8.05. The highest BCUT2D eigenvalue weighted by molar-refractivity contribution is 5.95. The fourth-order valence-electron chi connectivity index (χ4n) is 2.03. The molecule has 0 spiro atoms. The Balaban J connectivity index is 3.02. The lowest BCUT2D eigenvalue weighted by Crippen LogP contribution is -2.32. The van der Waals surface area contributed by atoms with Crippen LogP contribution in [-0.4, -0.2) is 5.78 Å². The van der Waals surface area contributed by atoms with Crippen molar-refractivity contribution in [3.63, 3.8) is 0 Å². The summed E-state index contributed by atoms with van der Waals surface area (Å²) in [6.45, 7) is 9.96. The number of allylic oxidation sites excluding steroid dienone is 3. The normalized spacial score (nSPS) is 28.1. The zero-order chi connectivity index (χ0) is 9.35. The number of rotatable bonds is 1. The summed E-state index contributed by atoms with van der Waals surface area (Å²) in [5.41, 5.74) is 1.24. The smallest absolute Gasteiger partial charge is 0.162 e. The Hall–Kier alpha value is -0.850. The van der Waals surface area contributed by atoms with E-state index in [-0.39, 0.29) is 17.1 Å². The number of hydrogen-bond donors (Lipinski definition) is 0. The highest BCUT2D eigenvalue weighted by atomic mass is 16.1. The number of carbonyl (C=O) groups is 1. The summed E-state index contributed by atoms with van der Waals surface area (Å²) in [6.07, 6.45) is 4.51. The molecule has 0 aliphatic heterocycles. The predicted octanol–water partition coefficient (Wildman–Crippen LogP) is 2.73. The van der Waals surface area contributed by atoms with Crippen molar-refractivity contribution in [2.45, 2.75) is 27.2 Å². The summed E-state index contributed by atoms with van der Waals surface area (Å²) in [7, 11) is 0. The van der Waals surface area contributed by atoms with Crippen LogP contribution >= 0.6 is 0 Å². The average molecular weight is 164 g/mol. The number of ketones is 1. The lowest BCUT2D eigenvalue weighted by atomic mass is 9.69. The lowest BCUT2D eigenvalue weighted by Gasteiger charge is -2.34. The van der Waals surface area contributed by atoms with Crippen molar-refractivity contribution in [3.05, 3.63) is 24.3 Å². The standard InChI is InChI=1S/C11H16O/c1-5-9-10(12)6-8(2)7-11(9,3)4/h5-6,9H,1,7H2,2-4H3. The Morgan fingerprint density at radius 2 is 2.25 bits per heavy atom. The summed E-state index contributed by atoms with van der Waals surface area (Å²) in [5.74, 6) is 0.208. The maximum atomic E-state index is 11.5. The molecule has 12 heavy (non-hydrogen) atoms. The molecule has 0 radical (unpaired) electrons. The summed E-state index contributed by atoms with van der Waals surface area (Å²) in [4.78, 5) is 11.5. The third-order valence-corrected chi connectivity index (χ3v) is 2.51. The molecule has 1 atom stereocenters. The van der Waals surface area contributed by atoms with Crippen molar-refractivity contribution in [1.82, 2.24) is 0 Å². The minimum absolute atomic E-state index is 0.00111. The molecule has 0 aromatic carbocycles. The van der Waals surface area contributed by atoms with Crippen LogP contribution in [0, 0.1) is 11.3 Å². The molecule has 1 heteroatoms. The first-order valence-electron chi connectivity index (χ1n) is 4.31. The van der Waals surface area contributed by atoms with Gasteiger partial charge < -0.3 is 0 Å². The van der Waals surface area contributed by atoms with Crippen molar-refractivity contribution in [3.8, 4) is 0 Å². The maximum Gasteiger partial charge on any atom is 0.162 e. The van der Waals surface area contributed by atoms with Gasteiger partial charge in [-0.1, -0.05) is 25.5 Å². The van der Waals surface area contributed by atoms with Crippen molar-refractivity contribution in [2.24, 2.45) is 11.3 Å². The molecule has 0 saturated heterocycles. The molecule has 0 N–H and O–H groups in total. The maximum absolute atomic E-state index is 11.5. The Morgan fingerprint density at radius 3 is 2.67 bits per heavy atom. The predicted molar refractivity (Wildman–Crippen MR) is 50.8 cm³/mol. The largest absolute Gasteiger partial charge is 0.294 e. The summed E-state index contributed by atoms with van der Waals surface area (Å²) in [6, 6.07) is 0. The zero-order valence-electron chi connectivity index (χ0n) is 8.05. The minimum Gasteiger partial charge on any atom is -0.294 e. The highest BCUT2D eigenvalue weighted by Gasteiger charge is 2.34. The Kier molecular flexibility index (Phi) is 2.22. The van der Waals surface area contributed by atoms with Crippen molar-refractivity contribution in [2.75, 3.05) is 0 Å². The van der Waals surface area contributed by atoms with E-state index in [1.165, 1.54) is 5.57 Å². The van der Waals surface area contributed by atoms with Crippen LogP contribution in [0.1, 0.15) is 27.2 Å². The molecular weight excluding hydrogens is 148 g/mol. The molecule has 1 nitrogen and oxygen atoms in total.